The van der Waals surface area contributed by atoms with Gasteiger partial charge in [0.15, 0.2) is 11.5 Å². The molecule has 8 heteroatoms. The van der Waals surface area contributed by atoms with Gasteiger partial charge in [-0.1, -0.05) is 12.1 Å². The molecule has 1 aromatic rings. The van der Waals surface area contributed by atoms with Crippen LogP contribution in [0.4, 0.5) is 4.79 Å². The Hall–Kier alpha value is -2.95. The molecule has 1 amide bonds. The van der Waals surface area contributed by atoms with Gasteiger partial charge in [0.05, 0.1) is 14.2 Å². The smallest absolute Gasteiger partial charge is 0.412 e. The van der Waals surface area contributed by atoms with Crippen LogP contribution in [0.2, 0.25) is 0 Å². The predicted octanol–water partition coefficient (Wildman–Crippen LogP) is 1.99. The summed E-state index contributed by atoms with van der Waals surface area (Å²) in [5, 5.41) is 11.1. The largest absolute Gasteiger partial charge is 0.493 e. The molecule has 0 bridgehead atoms. The number of rotatable bonds is 9. The van der Waals surface area contributed by atoms with E-state index in [0.29, 0.717) is 37.3 Å². The van der Waals surface area contributed by atoms with Gasteiger partial charge in [-0.2, -0.15) is 5.26 Å². The van der Waals surface area contributed by atoms with Gasteiger partial charge < -0.3 is 24.3 Å². The number of nitrogens with zero attached hydrogens (tertiary/aromatic N) is 1. The van der Waals surface area contributed by atoms with Gasteiger partial charge >= 0.3 is 12.1 Å². The summed E-state index contributed by atoms with van der Waals surface area (Å²) in [6.45, 7) is 0.356. The number of hydrogen-bond donors (Lipinski definition) is 1. The summed E-state index contributed by atoms with van der Waals surface area (Å²) in [5.74, 6) is 0.188. The summed E-state index contributed by atoms with van der Waals surface area (Å²) in [6, 6.07) is 6.81. The van der Waals surface area contributed by atoms with Gasteiger partial charge in [0.1, 0.15) is 0 Å². The molecule has 0 aliphatic rings. The Morgan fingerprint density at radius 1 is 1.21 bits per heavy atom. The lowest BCUT2D eigenvalue weighted by atomic mass is 10.1. The zero-order chi connectivity index (χ0) is 17.8. The Kier molecular flexibility index (Phi) is 8.53. The van der Waals surface area contributed by atoms with Gasteiger partial charge in [0.2, 0.25) is 6.10 Å². The maximum Gasteiger partial charge on any atom is 0.412 e. The molecule has 24 heavy (non-hydrogen) atoms. The summed E-state index contributed by atoms with van der Waals surface area (Å²) < 4.78 is 19.4. The number of esters is 1. The van der Waals surface area contributed by atoms with Crippen molar-refractivity contribution in [2.45, 2.75) is 25.4 Å². The Morgan fingerprint density at radius 3 is 2.54 bits per heavy atom. The molecule has 0 radical (unpaired) electrons. The van der Waals surface area contributed by atoms with Crippen LogP contribution in [-0.2, 0) is 14.3 Å². The third-order valence-corrected chi connectivity index (χ3v) is 3.09. The lowest BCUT2D eigenvalue weighted by Gasteiger charge is -2.12. The number of unbranched alkanes of at least 4 members (excludes halogenated alkanes) is 1. The zero-order valence-corrected chi connectivity index (χ0v) is 13.6. The first kappa shape index (κ1) is 19.1. The fourth-order valence-corrected chi connectivity index (χ4v) is 1.90. The van der Waals surface area contributed by atoms with E-state index in [4.69, 9.17) is 14.7 Å². The quantitative estimate of drug-likeness (QED) is 0.417. The first-order valence-corrected chi connectivity index (χ1v) is 7.33. The van der Waals surface area contributed by atoms with E-state index in [1.165, 1.54) is 20.5 Å². The Morgan fingerprint density at radius 2 is 1.92 bits per heavy atom. The Bertz CT molecular complexity index is 584. The number of carbonyl (C=O) groups is 2. The van der Waals surface area contributed by atoms with Crippen molar-refractivity contribution in [3.63, 3.8) is 0 Å². The van der Waals surface area contributed by atoms with Crippen molar-refractivity contribution in [1.29, 1.82) is 5.26 Å². The standard InChI is InChI=1S/C16H20N2O6/c1-21-12-7-3-4-8-13(12)24-16(20)18-10-6-5-9-14(23-11-17)15(19)22-2/h3-4,7-8,14H,5-6,9-10H2,1-2H3,(H,18,20). The summed E-state index contributed by atoms with van der Waals surface area (Å²) in [7, 11) is 2.71. The normalized spacial score (nSPS) is 10.9. The number of nitrogens with one attached hydrogen (secondary N) is 1. The van der Waals surface area contributed by atoms with Gasteiger partial charge in [-0.15, -0.1) is 0 Å². The molecule has 0 saturated heterocycles. The van der Waals surface area contributed by atoms with E-state index in [1.54, 1.807) is 24.3 Å². The summed E-state index contributed by atoms with van der Waals surface area (Å²) >= 11 is 0. The van der Waals surface area contributed by atoms with Gasteiger partial charge in [-0.3, -0.25) is 0 Å². The summed E-state index contributed by atoms with van der Waals surface area (Å²) in [6.07, 6.45) is 1.44. The van der Waals surface area contributed by atoms with E-state index >= 15 is 0 Å². The van der Waals surface area contributed by atoms with E-state index < -0.39 is 18.2 Å². The van der Waals surface area contributed by atoms with E-state index in [2.05, 4.69) is 14.8 Å². The average Bonchev–Trinajstić information content (AvgIpc) is 2.60. The molecule has 130 valence electrons. The molecular formula is C16H20N2O6. The number of benzene rings is 1. The molecule has 1 atom stereocenters. The summed E-state index contributed by atoms with van der Waals surface area (Å²) in [5.41, 5.74) is 0. The van der Waals surface area contributed by atoms with Crippen LogP contribution in [0.25, 0.3) is 0 Å². The van der Waals surface area contributed by atoms with Crippen LogP contribution in [0.15, 0.2) is 24.3 Å². The van der Waals surface area contributed by atoms with Crippen molar-refractivity contribution in [3.8, 4) is 17.8 Å². The number of methoxy groups -OCH3 is 2. The van der Waals surface area contributed by atoms with Crippen molar-refractivity contribution in [2.75, 3.05) is 20.8 Å². The molecule has 0 aliphatic carbocycles. The molecule has 1 aromatic carbocycles. The van der Waals surface area contributed by atoms with E-state index in [-0.39, 0.29) is 0 Å². The number of nitriles is 1. The molecular weight excluding hydrogens is 316 g/mol. The second-order valence-electron chi connectivity index (χ2n) is 4.68. The minimum atomic E-state index is -0.916. The molecule has 0 saturated carbocycles. The van der Waals surface area contributed by atoms with Crippen LogP contribution in [0.3, 0.4) is 0 Å². The molecule has 1 unspecified atom stereocenters. The minimum Gasteiger partial charge on any atom is -0.493 e. The molecule has 1 rings (SSSR count). The van der Waals surface area contributed by atoms with Gasteiger partial charge in [-0.25, -0.2) is 9.59 Å². The van der Waals surface area contributed by atoms with Gasteiger partial charge in [0.25, 0.3) is 6.26 Å². The fraction of sp³-hybridized carbons (Fsp3) is 0.438. The highest BCUT2D eigenvalue weighted by atomic mass is 16.6. The lowest BCUT2D eigenvalue weighted by Crippen LogP contribution is -2.28. The van der Waals surface area contributed by atoms with Crippen molar-refractivity contribution >= 4 is 12.1 Å². The maximum atomic E-state index is 11.7. The van der Waals surface area contributed by atoms with Crippen LogP contribution >= 0.6 is 0 Å². The average molecular weight is 336 g/mol. The maximum absolute atomic E-state index is 11.7. The number of amides is 1. The van der Waals surface area contributed by atoms with Crippen LogP contribution in [0, 0.1) is 11.5 Å². The highest BCUT2D eigenvalue weighted by molar-refractivity contribution is 5.74. The zero-order valence-electron chi connectivity index (χ0n) is 13.6. The molecule has 0 spiro atoms. The van der Waals surface area contributed by atoms with Crippen LogP contribution < -0.4 is 14.8 Å². The number of para-hydroxylation sites is 2. The molecule has 0 fully saturated rings. The second-order valence-corrected chi connectivity index (χ2v) is 4.68. The van der Waals surface area contributed by atoms with Crippen LogP contribution in [0.5, 0.6) is 11.5 Å². The van der Waals surface area contributed by atoms with Gasteiger partial charge in [0, 0.05) is 6.54 Å². The number of hydrogen-bond acceptors (Lipinski definition) is 7. The molecule has 0 heterocycles. The van der Waals surface area contributed by atoms with Crippen molar-refractivity contribution in [1.82, 2.24) is 5.32 Å². The van der Waals surface area contributed by atoms with Crippen molar-refractivity contribution < 1.29 is 28.5 Å². The van der Waals surface area contributed by atoms with E-state index in [1.807, 2.05) is 0 Å². The van der Waals surface area contributed by atoms with E-state index in [9.17, 15) is 9.59 Å². The monoisotopic (exact) mass is 336 g/mol. The van der Waals surface area contributed by atoms with Crippen LogP contribution in [-0.4, -0.2) is 38.9 Å². The Balaban J connectivity index is 2.28. The SMILES string of the molecule is COC(=O)C(CCCCNC(=O)Oc1ccccc1OC)OC#N. The topological polar surface area (TPSA) is 107 Å². The van der Waals surface area contributed by atoms with Crippen LogP contribution in [0.1, 0.15) is 19.3 Å². The first-order chi connectivity index (χ1) is 11.6. The van der Waals surface area contributed by atoms with Gasteiger partial charge in [-0.05, 0) is 31.4 Å². The lowest BCUT2D eigenvalue weighted by molar-refractivity contribution is -0.150. The first-order valence-electron chi connectivity index (χ1n) is 7.33. The van der Waals surface area contributed by atoms with Crippen molar-refractivity contribution in [2.24, 2.45) is 0 Å². The molecule has 0 aliphatic heterocycles. The third kappa shape index (κ3) is 6.44. The summed E-state index contributed by atoms with van der Waals surface area (Å²) in [4.78, 5) is 23.0. The Labute approximate surface area is 140 Å². The highest BCUT2D eigenvalue weighted by Gasteiger charge is 2.20. The highest BCUT2D eigenvalue weighted by Crippen LogP contribution is 2.25. The third-order valence-electron chi connectivity index (χ3n) is 3.09. The van der Waals surface area contributed by atoms with Crippen molar-refractivity contribution in [3.05, 3.63) is 24.3 Å². The van der Waals surface area contributed by atoms with E-state index in [0.717, 1.165) is 0 Å². The number of carbonyl (C=O) groups excluding carboxylic acids is 2. The fourth-order valence-electron chi connectivity index (χ4n) is 1.90. The number of ether oxygens (including phenoxy) is 4. The predicted molar refractivity (Wildman–Crippen MR) is 83.4 cm³/mol. The molecule has 8 nitrogen and oxygen atoms in total. The minimum absolute atomic E-state index is 0.323. The second kappa shape index (κ2) is 10.7. The molecule has 0 aromatic heterocycles. The molecule has 1 N–H and O–H groups in total.